The van der Waals surface area contributed by atoms with Gasteiger partial charge in [-0.2, -0.15) is 0 Å². The van der Waals surface area contributed by atoms with E-state index in [1.165, 1.54) is 12.1 Å². The molecule has 0 aliphatic rings. The molecule has 0 aliphatic heterocycles. The van der Waals surface area contributed by atoms with Crippen molar-refractivity contribution in [2.45, 2.75) is 12.2 Å². The number of ether oxygens (including phenoxy) is 2. The van der Waals surface area contributed by atoms with Crippen LogP contribution in [0.4, 0.5) is 0 Å². The van der Waals surface area contributed by atoms with Gasteiger partial charge in [0.05, 0.1) is 17.7 Å². The number of hydrogen-bond donors (Lipinski definition) is 5. The SMILES string of the molecule is NCC(=O)NCC(=O)OC(C(=O)O)C(OC(=O)c1ccccc1C(=O)O)C(=O)O. The third-order valence-electron chi connectivity index (χ3n) is 3.25. The standard InChI is InChI=1S/C16H16N2O11/c17-5-9(19)18-6-10(20)28-11(14(23)24)12(15(25)26)29-16(27)8-4-2-1-3-7(8)13(21)22/h1-4,11-12H,5-6,17H2,(H,18,19)(H,21,22)(H,23,24)(H,25,26). The van der Waals surface area contributed by atoms with Crippen LogP contribution in [0.5, 0.6) is 0 Å². The van der Waals surface area contributed by atoms with Crippen LogP contribution in [0.1, 0.15) is 20.7 Å². The normalized spacial score (nSPS) is 12.2. The van der Waals surface area contributed by atoms with Crippen molar-refractivity contribution in [1.29, 1.82) is 0 Å². The predicted octanol–water partition coefficient (Wildman–Crippen LogP) is -1.93. The molecule has 6 N–H and O–H groups in total. The number of hydrogen-bond acceptors (Lipinski definition) is 9. The number of esters is 2. The van der Waals surface area contributed by atoms with Crippen molar-refractivity contribution in [3.05, 3.63) is 35.4 Å². The zero-order chi connectivity index (χ0) is 22.1. The van der Waals surface area contributed by atoms with Crippen molar-refractivity contribution >= 4 is 35.8 Å². The Bertz CT molecular complexity index is 836. The van der Waals surface area contributed by atoms with E-state index in [9.17, 15) is 33.9 Å². The second-order valence-corrected chi connectivity index (χ2v) is 5.24. The van der Waals surface area contributed by atoms with Crippen LogP contribution in [0.2, 0.25) is 0 Å². The maximum atomic E-state index is 12.2. The number of amides is 1. The summed E-state index contributed by atoms with van der Waals surface area (Å²) >= 11 is 0. The third kappa shape index (κ3) is 6.59. The van der Waals surface area contributed by atoms with Gasteiger partial charge in [-0.05, 0) is 12.1 Å². The van der Waals surface area contributed by atoms with Crippen LogP contribution < -0.4 is 11.1 Å². The minimum absolute atomic E-state index is 0.464. The Kier molecular flexibility index (Phi) is 8.23. The maximum Gasteiger partial charge on any atom is 0.349 e. The number of carbonyl (C=O) groups excluding carboxylic acids is 3. The van der Waals surface area contributed by atoms with Gasteiger partial charge in [-0.15, -0.1) is 0 Å². The zero-order valence-corrected chi connectivity index (χ0v) is 14.6. The molecule has 0 bridgehead atoms. The Balaban J connectivity index is 3.03. The lowest BCUT2D eigenvalue weighted by atomic mass is 10.1. The topological polar surface area (TPSA) is 220 Å². The average Bonchev–Trinajstić information content (AvgIpc) is 2.67. The van der Waals surface area contributed by atoms with Gasteiger partial charge < -0.3 is 35.8 Å². The molecule has 0 spiro atoms. The molecule has 0 fully saturated rings. The Morgan fingerprint density at radius 1 is 0.897 bits per heavy atom. The highest BCUT2D eigenvalue weighted by atomic mass is 16.6. The summed E-state index contributed by atoms with van der Waals surface area (Å²) in [6, 6.07) is 4.64. The van der Waals surface area contributed by atoms with E-state index < -0.39 is 72.2 Å². The van der Waals surface area contributed by atoms with Crippen LogP contribution in [-0.2, 0) is 28.7 Å². The summed E-state index contributed by atoms with van der Waals surface area (Å²) in [5.41, 5.74) is 3.94. The number of rotatable bonds is 10. The van der Waals surface area contributed by atoms with Gasteiger partial charge in [0.15, 0.2) is 0 Å². The number of carbonyl (C=O) groups is 6. The first-order valence-electron chi connectivity index (χ1n) is 7.73. The van der Waals surface area contributed by atoms with Crippen molar-refractivity contribution in [2.24, 2.45) is 5.73 Å². The van der Waals surface area contributed by atoms with Gasteiger partial charge in [-0.1, -0.05) is 12.1 Å². The van der Waals surface area contributed by atoms with E-state index >= 15 is 0 Å². The number of aromatic carboxylic acids is 1. The molecule has 0 saturated heterocycles. The molecule has 13 heteroatoms. The molecule has 0 aromatic heterocycles. The molecule has 0 heterocycles. The van der Waals surface area contributed by atoms with Gasteiger partial charge >= 0.3 is 29.8 Å². The molecule has 156 valence electrons. The quantitative estimate of drug-likeness (QED) is 0.265. The summed E-state index contributed by atoms with van der Waals surface area (Å²) < 4.78 is 9.07. The van der Waals surface area contributed by atoms with Crippen LogP contribution in [0, 0.1) is 0 Å². The Morgan fingerprint density at radius 3 is 1.90 bits per heavy atom. The molecule has 1 aromatic rings. The molecule has 13 nitrogen and oxygen atoms in total. The number of nitrogens with two attached hydrogens (primary N) is 1. The Labute approximate surface area is 162 Å². The highest BCUT2D eigenvalue weighted by Gasteiger charge is 2.41. The minimum atomic E-state index is -2.50. The maximum absolute atomic E-state index is 12.2. The van der Waals surface area contributed by atoms with E-state index in [1.807, 2.05) is 5.32 Å². The number of nitrogens with one attached hydrogen (secondary N) is 1. The van der Waals surface area contributed by atoms with Crippen molar-refractivity contribution < 1.29 is 53.6 Å². The second kappa shape index (κ2) is 10.4. The summed E-state index contributed by atoms with van der Waals surface area (Å²) in [6.45, 7) is -1.28. The van der Waals surface area contributed by atoms with Crippen molar-refractivity contribution in [3.8, 4) is 0 Å². The molecule has 29 heavy (non-hydrogen) atoms. The molecule has 0 aliphatic carbocycles. The van der Waals surface area contributed by atoms with Gasteiger partial charge in [-0.3, -0.25) is 9.59 Å². The predicted molar refractivity (Wildman–Crippen MR) is 89.8 cm³/mol. The van der Waals surface area contributed by atoms with Crippen LogP contribution in [-0.4, -0.2) is 76.4 Å². The third-order valence-corrected chi connectivity index (χ3v) is 3.25. The highest BCUT2D eigenvalue weighted by Crippen LogP contribution is 2.14. The molecule has 0 saturated carbocycles. The van der Waals surface area contributed by atoms with E-state index in [0.717, 1.165) is 12.1 Å². The molecule has 1 aromatic carbocycles. The summed E-state index contributed by atoms with van der Waals surface area (Å²) in [7, 11) is 0. The van der Waals surface area contributed by atoms with Gasteiger partial charge in [0.2, 0.25) is 18.1 Å². The van der Waals surface area contributed by atoms with Crippen LogP contribution >= 0.6 is 0 Å². The molecular formula is C16H16N2O11. The lowest BCUT2D eigenvalue weighted by molar-refractivity contribution is -0.178. The van der Waals surface area contributed by atoms with Crippen LogP contribution in [0.15, 0.2) is 24.3 Å². The van der Waals surface area contributed by atoms with Crippen LogP contribution in [0.25, 0.3) is 0 Å². The monoisotopic (exact) mass is 412 g/mol. The molecule has 0 radical (unpaired) electrons. The first-order chi connectivity index (χ1) is 13.6. The largest absolute Gasteiger partial charge is 0.478 e. The number of carboxylic acids is 3. The summed E-state index contributed by atoms with van der Waals surface area (Å²) in [5.74, 6) is -9.02. The molecule has 1 amide bonds. The number of benzene rings is 1. The smallest absolute Gasteiger partial charge is 0.349 e. The Morgan fingerprint density at radius 2 is 1.41 bits per heavy atom. The van der Waals surface area contributed by atoms with Gasteiger partial charge in [0.1, 0.15) is 6.54 Å². The highest BCUT2D eigenvalue weighted by molar-refractivity contribution is 6.03. The fourth-order valence-corrected chi connectivity index (χ4v) is 1.94. The summed E-state index contributed by atoms with van der Waals surface area (Å²) in [6.07, 6.45) is -4.98. The van der Waals surface area contributed by atoms with E-state index in [0.29, 0.717) is 0 Å². The second-order valence-electron chi connectivity index (χ2n) is 5.24. The zero-order valence-electron chi connectivity index (χ0n) is 14.6. The van der Waals surface area contributed by atoms with Gasteiger partial charge in [-0.25, -0.2) is 19.2 Å². The summed E-state index contributed by atoms with van der Waals surface area (Å²) in [4.78, 5) is 68.7. The number of carboxylic acid groups (broad SMARTS) is 3. The molecule has 2 atom stereocenters. The lowest BCUT2D eigenvalue weighted by Crippen LogP contribution is -2.47. The van der Waals surface area contributed by atoms with Gasteiger partial charge in [0.25, 0.3) is 0 Å². The first-order valence-corrected chi connectivity index (χ1v) is 7.73. The molecule has 2 unspecified atom stereocenters. The number of aliphatic carboxylic acids is 2. The van der Waals surface area contributed by atoms with E-state index in [4.69, 9.17) is 15.9 Å². The minimum Gasteiger partial charge on any atom is -0.478 e. The molecule has 1 rings (SSSR count). The van der Waals surface area contributed by atoms with E-state index in [-0.39, 0.29) is 0 Å². The van der Waals surface area contributed by atoms with Crippen LogP contribution in [0.3, 0.4) is 0 Å². The van der Waals surface area contributed by atoms with Gasteiger partial charge in [0, 0.05) is 0 Å². The molecular weight excluding hydrogens is 396 g/mol. The van der Waals surface area contributed by atoms with E-state index in [1.54, 1.807) is 0 Å². The average molecular weight is 412 g/mol. The van der Waals surface area contributed by atoms with Crippen molar-refractivity contribution in [3.63, 3.8) is 0 Å². The van der Waals surface area contributed by atoms with E-state index in [2.05, 4.69) is 9.47 Å². The first kappa shape index (κ1) is 23.0. The fraction of sp³-hybridized carbons (Fsp3) is 0.250. The fourth-order valence-electron chi connectivity index (χ4n) is 1.94. The lowest BCUT2D eigenvalue weighted by Gasteiger charge is -2.21. The van der Waals surface area contributed by atoms with Crippen molar-refractivity contribution in [1.82, 2.24) is 5.32 Å². The van der Waals surface area contributed by atoms with Crippen molar-refractivity contribution in [2.75, 3.05) is 13.1 Å². The Hall–Kier alpha value is -4.00. The summed E-state index contributed by atoms with van der Waals surface area (Å²) in [5, 5.41) is 29.4.